The van der Waals surface area contributed by atoms with Gasteiger partial charge in [-0.3, -0.25) is 0 Å². The highest BCUT2D eigenvalue weighted by Crippen LogP contribution is 2.55. The average Bonchev–Trinajstić information content (AvgIpc) is 2.59. The summed E-state index contributed by atoms with van der Waals surface area (Å²) in [5.74, 6) is 2.04. The molecule has 2 heteroatoms. The van der Waals surface area contributed by atoms with Crippen molar-refractivity contribution in [3.05, 3.63) is 0 Å². The summed E-state index contributed by atoms with van der Waals surface area (Å²) in [5.41, 5.74) is -0.604. The Morgan fingerprint density at radius 2 is 1.85 bits per heavy atom. The first-order chi connectivity index (χ1) is 6.04. The summed E-state index contributed by atoms with van der Waals surface area (Å²) in [6.07, 6.45) is 3.76. The molecule has 2 aliphatic rings. The third-order valence-corrected chi connectivity index (χ3v) is 4.11. The Balaban J connectivity index is 2.18. The average molecular weight is 184 g/mol. The molecule has 76 valence electrons. The molecule has 2 fully saturated rings. The molecule has 0 amide bonds. The summed E-state index contributed by atoms with van der Waals surface area (Å²) in [5, 5.41) is 19.3. The predicted octanol–water partition coefficient (Wildman–Crippen LogP) is 1.41. The number of aliphatic hydroxyl groups is 2. The van der Waals surface area contributed by atoms with Gasteiger partial charge in [-0.1, -0.05) is 0 Å². The van der Waals surface area contributed by atoms with Crippen LogP contribution in [0.5, 0.6) is 0 Å². The van der Waals surface area contributed by atoms with Crippen LogP contribution in [0.15, 0.2) is 0 Å². The number of aliphatic hydroxyl groups excluding tert-OH is 1. The standard InChI is InChI=1S/C11H20O2/c1-11(2,13)10-8-4-3-7(5-8)9(10)6-12/h7-10,12-13H,3-6H2,1-2H3/t7-,8+,9+,10-/m0/s1. The highest BCUT2D eigenvalue weighted by molar-refractivity contribution is 5.01. The molecule has 2 bridgehead atoms. The van der Waals surface area contributed by atoms with E-state index in [0.717, 1.165) is 0 Å². The van der Waals surface area contributed by atoms with Gasteiger partial charge in [-0.15, -0.1) is 0 Å². The summed E-state index contributed by atoms with van der Waals surface area (Å²) >= 11 is 0. The second kappa shape index (κ2) is 2.96. The molecule has 0 heterocycles. The third-order valence-electron chi connectivity index (χ3n) is 4.11. The predicted molar refractivity (Wildman–Crippen MR) is 51.2 cm³/mol. The zero-order chi connectivity index (χ0) is 9.64. The normalized spacial score (nSPS) is 44.3. The van der Waals surface area contributed by atoms with Crippen molar-refractivity contribution in [3.8, 4) is 0 Å². The van der Waals surface area contributed by atoms with E-state index < -0.39 is 5.60 Å². The van der Waals surface area contributed by atoms with Gasteiger partial charge in [0, 0.05) is 6.61 Å². The van der Waals surface area contributed by atoms with Gasteiger partial charge in [0.15, 0.2) is 0 Å². The van der Waals surface area contributed by atoms with Crippen LogP contribution in [0.2, 0.25) is 0 Å². The van der Waals surface area contributed by atoms with E-state index >= 15 is 0 Å². The monoisotopic (exact) mass is 184 g/mol. The summed E-state index contributed by atoms with van der Waals surface area (Å²) in [7, 11) is 0. The Bertz CT molecular complexity index is 195. The minimum Gasteiger partial charge on any atom is -0.396 e. The first kappa shape index (κ1) is 9.47. The molecule has 2 N–H and O–H groups in total. The van der Waals surface area contributed by atoms with E-state index in [2.05, 4.69) is 0 Å². The van der Waals surface area contributed by atoms with Gasteiger partial charge in [0.05, 0.1) is 5.60 Å². The Kier molecular flexibility index (Phi) is 2.16. The van der Waals surface area contributed by atoms with Crippen molar-refractivity contribution < 1.29 is 10.2 Å². The molecule has 0 aromatic carbocycles. The van der Waals surface area contributed by atoms with Crippen LogP contribution in [0, 0.1) is 23.7 Å². The van der Waals surface area contributed by atoms with Crippen LogP contribution in [0.4, 0.5) is 0 Å². The molecule has 0 radical (unpaired) electrons. The number of hydrogen-bond acceptors (Lipinski definition) is 2. The summed E-state index contributed by atoms with van der Waals surface area (Å²) in [6.45, 7) is 4.04. The molecule has 2 nitrogen and oxygen atoms in total. The van der Waals surface area contributed by atoms with Crippen molar-refractivity contribution in [3.63, 3.8) is 0 Å². The van der Waals surface area contributed by atoms with Crippen molar-refractivity contribution in [1.82, 2.24) is 0 Å². The maximum absolute atomic E-state index is 10.0. The zero-order valence-corrected chi connectivity index (χ0v) is 8.53. The van der Waals surface area contributed by atoms with Crippen LogP contribution in [-0.4, -0.2) is 22.4 Å². The Labute approximate surface area is 80.0 Å². The molecule has 0 spiro atoms. The van der Waals surface area contributed by atoms with Crippen molar-refractivity contribution in [2.24, 2.45) is 23.7 Å². The lowest BCUT2D eigenvalue weighted by Crippen LogP contribution is -2.41. The van der Waals surface area contributed by atoms with Crippen LogP contribution in [-0.2, 0) is 0 Å². The maximum atomic E-state index is 10.0. The fourth-order valence-electron chi connectivity index (χ4n) is 3.77. The molecule has 2 aliphatic carbocycles. The molecule has 2 rings (SSSR count). The number of hydrogen-bond donors (Lipinski definition) is 2. The second-order valence-electron chi connectivity index (χ2n) is 5.36. The topological polar surface area (TPSA) is 40.5 Å². The molecular formula is C11H20O2. The fourth-order valence-corrected chi connectivity index (χ4v) is 3.77. The van der Waals surface area contributed by atoms with Crippen molar-refractivity contribution in [2.45, 2.75) is 38.7 Å². The van der Waals surface area contributed by atoms with E-state index in [0.29, 0.717) is 23.7 Å². The van der Waals surface area contributed by atoms with E-state index in [-0.39, 0.29) is 6.61 Å². The van der Waals surface area contributed by atoms with E-state index in [1.807, 2.05) is 13.8 Å². The third kappa shape index (κ3) is 1.40. The van der Waals surface area contributed by atoms with Gasteiger partial charge < -0.3 is 10.2 Å². The lowest BCUT2D eigenvalue weighted by molar-refractivity contribution is -0.0466. The molecule has 0 aliphatic heterocycles. The summed E-state index contributed by atoms with van der Waals surface area (Å²) < 4.78 is 0. The fraction of sp³-hybridized carbons (Fsp3) is 1.00. The lowest BCUT2D eigenvalue weighted by atomic mass is 9.71. The lowest BCUT2D eigenvalue weighted by Gasteiger charge is -2.38. The van der Waals surface area contributed by atoms with Crippen LogP contribution in [0.1, 0.15) is 33.1 Å². The SMILES string of the molecule is CC(C)(O)[C@H]1[C@@H]2CC[C@@H](C2)[C@H]1CO. The quantitative estimate of drug-likeness (QED) is 0.681. The van der Waals surface area contributed by atoms with Gasteiger partial charge in [-0.25, -0.2) is 0 Å². The van der Waals surface area contributed by atoms with Crippen molar-refractivity contribution in [1.29, 1.82) is 0 Å². The Morgan fingerprint density at radius 3 is 2.31 bits per heavy atom. The highest BCUT2D eigenvalue weighted by atomic mass is 16.3. The van der Waals surface area contributed by atoms with Gasteiger partial charge in [-0.05, 0) is 56.8 Å². The highest BCUT2D eigenvalue weighted by Gasteiger charge is 2.52. The van der Waals surface area contributed by atoms with Gasteiger partial charge in [0.1, 0.15) is 0 Å². The Morgan fingerprint density at radius 1 is 1.23 bits per heavy atom. The first-order valence-corrected chi connectivity index (χ1v) is 5.37. The molecule has 0 unspecified atom stereocenters. The van der Waals surface area contributed by atoms with E-state index in [4.69, 9.17) is 0 Å². The van der Waals surface area contributed by atoms with Crippen LogP contribution < -0.4 is 0 Å². The summed E-state index contributed by atoms with van der Waals surface area (Å²) in [6, 6.07) is 0. The number of fused-ring (bicyclic) bond motifs is 2. The first-order valence-electron chi connectivity index (χ1n) is 5.37. The Hall–Kier alpha value is -0.0800. The molecule has 2 saturated carbocycles. The van der Waals surface area contributed by atoms with Gasteiger partial charge >= 0.3 is 0 Å². The molecule has 0 saturated heterocycles. The van der Waals surface area contributed by atoms with Crippen LogP contribution in [0.25, 0.3) is 0 Å². The molecule has 0 aromatic rings. The minimum absolute atomic E-state index is 0.260. The van der Waals surface area contributed by atoms with Gasteiger partial charge in [-0.2, -0.15) is 0 Å². The summed E-state index contributed by atoms with van der Waals surface area (Å²) in [4.78, 5) is 0. The van der Waals surface area contributed by atoms with Crippen LogP contribution >= 0.6 is 0 Å². The molecule has 13 heavy (non-hydrogen) atoms. The van der Waals surface area contributed by atoms with E-state index in [9.17, 15) is 10.2 Å². The van der Waals surface area contributed by atoms with Gasteiger partial charge in [0.2, 0.25) is 0 Å². The maximum Gasteiger partial charge on any atom is 0.0626 e. The van der Waals surface area contributed by atoms with E-state index in [1.54, 1.807) is 0 Å². The molecular weight excluding hydrogens is 164 g/mol. The van der Waals surface area contributed by atoms with Crippen molar-refractivity contribution >= 4 is 0 Å². The van der Waals surface area contributed by atoms with Crippen LogP contribution in [0.3, 0.4) is 0 Å². The zero-order valence-electron chi connectivity index (χ0n) is 8.53. The molecule has 0 aromatic heterocycles. The van der Waals surface area contributed by atoms with Gasteiger partial charge in [0.25, 0.3) is 0 Å². The minimum atomic E-state index is -0.604. The smallest absolute Gasteiger partial charge is 0.0626 e. The van der Waals surface area contributed by atoms with E-state index in [1.165, 1.54) is 19.3 Å². The molecule has 4 atom stereocenters. The number of rotatable bonds is 2. The second-order valence-corrected chi connectivity index (χ2v) is 5.36. The largest absolute Gasteiger partial charge is 0.396 e. The van der Waals surface area contributed by atoms with Crippen molar-refractivity contribution in [2.75, 3.05) is 6.61 Å².